The molecule has 2 fully saturated rings. The van der Waals surface area contributed by atoms with Crippen LogP contribution in [0, 0.1) is 5.82 Å². The van der Waals surface area contributed by atoms with Crippen LogP contribution in [0.15, 0.2) is 61.1 Å². The highest BCUT2D eigenvalue weighted by atomic mass is 19.1. The maximum absolute atomic E-state index is 13.2. The van der Waals surface area contributed by atoms with Crippen LogP contribution in [0.25, 0.3) is 11.1 Å². The number of rotatable bonds is 5. The maximum Gasteiger partial charge on any atom is 0.270 e. The molecular formula is C26H29FN4O2. The highest BCUT2D eigenvalue weighted by molar-refractivity contribution is 5.94. The summed E-state index contributed by atoms with van der Waals surface area (Å²) < 4.78 is 19.3. The molecule has 2 aromatic heterocycles. The SMILES string of the molecule is O=C(c1cc(-c2ccc(F)cc2)c[nH]1)N1CCC(N2CCC(Oc3ccncc3)CC2)CC1. The lowest BCUT2D eigenvalue weighted by Crippen LogP contribution is -2.50. The summed E-state index contributed by atoms with van der Waals surface area (Å²) in [5.74, 6) is 0.660. The summed E-state index contributed by atoms with van der Waals surface area (Å²) in [6.45, 7) is 3.60. The van der Waals surface area contributed by atoms with Crippen molar-refractivity contribution in [1.82, 2.24) is 19.8 Å². The van der Waals surface area contributed by atoms with Crippen molar-refractivity contribution in [3.8, 4) is 16.9 Å². The van der Waals surface area contributed by atoms with Crippen molar-refractivity contribution in [2.45, 2.75) is 37.8 Å². The predicted octanol–water partition coefficient (Wildman–Crippen LogP) is 4.36. The first-order valence-corrected chi connectivity index (χ1v) is 11.7. The van der Waals surface area contributed by atoms with Crippen molar-refractivity contribution in [2.24, 2.45) is 0 Å². The molecule has 7 heteroatoms. The molecule has 3 aromatic rings. The quantitative estimate of drug-likeness (QED) is 0.630. The second kappa shape index (κ2) is 9.75. The number of H-pyrrole nitrogens is 1. The fourth-order valence-electron chi connectivity index (χ4n) is 4.90. The van der Waals surface area contributed by atoms with Crippen LogP contribution < -0.4 is 4.74 Å². The van der Waals surface area contributed by atoms with Crippen molar-refractivity contribution < 1.29 is 13.9 Å². The molecule has 1 N–H and O–H groups in total. The van der Waals surface area contributed by atoms with E-state index in [4.69, 9.17) is 4.74 Å². The topological polar surface area (TPSA) is 61.5 Å². The summed E-state index contributed by atoms with van der Waals surface area (Å²) in [5.41, 5.74) is 2.37. The molecule has 2 aliphatic heterocycles. The molecule has 0 radical (unpaired) electrons. The van der Waals surface area contributed by atoms with Gasteiger partial charge < -0.3 is 14.6 Å². The molecule has 0 spiro atoms. The number of nitrogens with one attached hydrogen (secondary N) is 1. The number of carbonyl (C=O) groups is 1. The molecule has 0 bridgehead atoms. The van der Waals surface area contributed by atoms with Gasteiger partial charge in [-0.1, -0.05) is 12.1 Å². The van der Waals surface area contributed by atoms with Gasteiger partial charge in [-0.05, 0) is 67.1 Å². The summed E-state index contributed by atoms with van der Waals surface area (Å²) >= 11 is 0. The lowest BCUT2D eigenvalue weighted by atomic mass is 9.98. The molecule has 5 rings (SSSR count). The molecular weight excluding hydrogens is 419 g/mol. The largest absolute Gasteiger partial charge is 0.490 e. The van der Waals surface area contributed by atoms with Crippen LogP contribution in [0.2, 0.25) is 0 Å². The second-order valence-electron chi connectivity index (χ2n) is 8.87. The first-order valence-electron chi connectivity index (χ1n) is 11.7. The third kappa shape index (κ3) is 5.09. The van der Waals surface area contributed by atoms with E-state index in [0.29, 0.717) is 11.7 Å². The van der Waals surface area contributed by atoms with E-state index in [1.165, 1.54) is 12.1 Å². The van der Waals surface area contributed by atoms with E-state index in [1.54, 1.807) is 24.5 Å². The fraction of sp³-hybridized carbons (Fsp3) is 0.385. The van der Waals surface area contributed by atoms with Gasteiger partial charge in [-0.3, -0.25) is 14.7 Å². The molecule has 1 amide bonds. The Morgan fingerprint density at radius 3 is 2.33 bits per heavy atom. The van der Waals surface area contributed by atoms with Gasteiger partial charge in [0.2, 0.25) is 0 Å². The van der Waals surface area contributed by atoms with Gasteiger partial charge in [0, 0.05) is 50.8 Å². The van der Waals surface area contributed by atoms with Crippen molar-refractivity contribution in [1.29, 1.82) is 0 Å². The van der Waals surface area contributed by atoms with E-state index in [1.807, 2.05) is 29.3 Å². The number of aromatic nitrogens is 2. The molecule has 2 saturated heterocycles. The van der Waals surface area contributed by atoms with E-state index in [2.05, 4.69) is 14.9 Å². The van der Waals surface area contributed by atoms with Gasteiger partial charge in [0.05, 0.1) is 0 Å². The van der Waals surface area contributed by atoms with Gasteiger partial charge in [-0.25, -0.2) is 4.39 Å². The van der Waals surface area contributed by atoms with Crippen LogP contribution in [0.4, 0.5) is 4.39 Å². The number of halogens is 1. The fourth-order valence-corrected chi connectivity index (χ4v) is 4.90. The minimum absolute atomic E-state index is 0.0336. The Kier molecular flexibility index (Phi) is 6.39. The Morgan fingerprint density at radius 2 is 1.64 bits per heavy atom. The lowest BCUT2D eigenvalue weighted by Gasteiger charge is -2.41. The van der Waals surface area contributed by atoms with Crippen LogP contribution in [-0.4, -0.2) is 64.0 Å². The molecule has 2 aliphatic rings. The Hall–Kier alpha value is -3.19. The normalized spacial score (nSPS) is 18.4. The minimum Gasteiger partial charge on any atom is -0.490 e. The molecule has 1 aromatic carbocycles. The Labute approximate surface area is 193 Å². The average molecular weight is 449 g/mol. The summed E-state index contributed by atoms with van der Waals surface area (Å²) in [4.78, 5) is 24.6. The van der Waals surface area contributed by atoms with Crippen LogP contribution in [0.3, 0.4) is 0 Å². The van der Waals surface area contributed by atoms with Crippen LogP contribution in [0.5, 0.6) is 5.75 Å². The van der Waals surface area contributed by atoms with Gasteiger partial charge in [-0.2, -0.15) is 0 Å². The number of hydrogen-bond donors (Lipinski definition) is 1. The third-order valence-electron chi connectivity index (χ3n) is 6.79. The van der Waals surface area contributed by atoms with Crippen LogP contribution in [0.1, 0.15) is 36.2 Å². The van der Waals surface area contributed by atoms with E-state index in [0.717, 1.165) is 68.7 Å². The van der Waals surface area contributed by atoms with Gasteiger partial charge in [0.1, 0.15) is 23.4 Å². The van der Waals surface area contributed by atoms with Crippen LogP contribution in [-0.2, 0) is 0 Å². The van der Waals surface area contributed by atoms with E-state index in [9.17, 15) is 9.18 Å². The number of piperidine rings is 2. The number of likely N-dealkylation sites (tertiary alicyclic amines) is 2. The molecule has 0 unspecified atom stereocenters. The Morgan fingerprint density at radius 1 is 0.939 bits per heavy atom. The van der Waals surface area contributed by atoms with Crippen molar-refractivity contribution >= 4 is 5.91 Å². The minimum atomic E-state index is -0.265. The molecule has 33 heavy (non-hydrogen) atoms. The van der Waals surface area contributed by atoms with E-state index >= 15 is 0 Å². The molecule has 172 valence electrons. The predicted molar refractivity (Wildman–Crippen MR) is 125 cm³/mol. The zero-order valence-electron chi connectivity index (χ0n) is 18.6. The maximum atomic E-state index is 13.2. The molecule has 4 heterocycles. The number of hydrogen-bond acceptors (Lipinski definition) is 4. The molecule has 0 aliphatic carbocycles. The molecule has 0 atom stereocenters. The van der Waals surface area contributed by atoms with Gasteiger partial charge in [0.15, 0.2) is 0 Å². The molecule has 6 nitrogen and oxygen atoms in total. The summed E-state index contributed by atoms with van der Waals surface area (Å²) in [7, 11) is 0. The van der Waals surface area contributed by atoms with Crippen molar-refractivity contribution in [2.75, 3.05) is 26.2 Å². The smallest absolute Gasteiger partial charge is 0.270 e. The standard InChI is InChI=1S/C26H29FN4O2/c27-21-3-1-19(2-4-21)20-17-25(29-18-20)26(32)31-13-7-22(8-14-31)30-15-9-24(10-16-30)33-23-5-11-28-12-6-23/h1-6,11-12,17-18,22,24,29H,7-10,13-16H2. The first kappa shape index (κ1) is 21.6. The summed E-state index contributed by atoms with van der Waals surface area (Å²) in [5, 5.41) is 0. The van der Waals surface area contributed by atoms with Gasteiger partial charge >= 0.3 is 0 Å². The summed E-state index contributed by atoms with van der Waals surface area (Å²) in [6, 6.07) is 12.5. The van der Waals surface area contributed by atoms with Crippen molar-refractivity contribution in [3.63, 3.8) is 0 Å². The zero-order chi connectivity index (χ0) is 22.6. The molecule has 0 saturated carbocycles. The monoisotopic (exact) mass is 448 g/mol. The number of aromatic amines is 1. The third-order valence-corrected chi connectivity index (χ3v) is 6.79. The van der Waals surface area contributed by atoms with E-state index in [-0.39, 0.29) is 17.8 Å². The Bertz CT molecular complexity index is 1050. The number of benzene rings is 1. The van der Waals surface area contributed by atoms with Gasteiger partial charge in [-0.15, -0.1) is 0 Å². The second-order valence-corrected chi connectivity index (χ2v) is 8.87. The number of pyridine rings is 1. The highest BCUT2D eigenvalue weighted by Crippen LogP contribution is 2.25. The average Bonchev–Trinajstić information content (AvgIpc) is 3.36. The number of ether oxygens (including phenoxy) is 1. The van der Waals surface area contributed by atoms with Crippen LogP contribution >= 0.6 is 0 Å². The Balaban J connectivity index is 1.10. The first-order chi connectivity index (χ1) is 16.2. The summed E-state index contributed by atoms with van der Waals surface area (Å²) in [6.07, 6.45) is 9.62. The van der Waals surface area contributed by atoms with Crippen molar-refractivity contribution in [3.05, 3.63) is 72.6 Å². The zero-order valence-corrected chi connectivity index (χ0v) is 18.6. The lowest BCUT2D eigenvalue weighted by molar-refractivity contribution is 0.0423. The van der Waals surface area contributed by atoms with E-state index < -0.39 is 0 Å². The van der Waals surface area contributed by atoms with Gasteiger partial charge in [0.25, 0.3) is 5.91 Å². The highest BCUT2D eigenvalue weighted by Gasteiger charge is 2.30. The number of amides is 1. The number of nitrogens with zero attached hydrogens (tertiary/aromatic N) is 3. The number of carbonyl (C=O) groups excluding carboxylic acids is 1.